The zero-order chi connectivity index (χ0) is 28.8. The maximum absolute atomic E-state index is 13.3. The van der Waals surface area contributed by atoms with Gasteiger partial charge in [0.15, 0.2) is 17.6 Å². The average molecular weight is 556 g/mol. The van der Waals surface area contributed by atoms with Crippen LogP contribution in [0.4, 0.5) is 0 Å². The molecule has 0 aromatic heterocycles. The Morgan fingerprint density at radius 3 is 2.10 bits per heavy atom. The molecule has 1 saturated heterocycles. The Bertz CT molecular complexity index is 1330. The normalized spacial score (nSPS) is 22.5. The second kappa shape index (κ2) is 12.6. The number of ether oxygens (including phenoxy) is 4. The summed E-state index contributed by atoms with van der Waals surface area (Å²) >= 11 is 0. The fourth-order valence-electron chi connectivity index (χ4n) is 6.34. The molecule has 3 aromatic carbocycles. The molecule has 0 N–H and O–H groups in total. The van der Waals surface area contributed by atoms with Crippen molar-refractivity contribution in [2.24, 2.45) is 0 Å². The topological polar surface area (TPSA) is 74.3 Å². The molecule has 0 spiro atoms. The standard InChI is InChI=1S/C34H37NO6/c1-4-28(26-17-18-29(38-2)30(22-26)39-3)35-21-11-16-31-34(35,41-33(37)20-19-32(36)40-31)23-27(24-12-7-5-8-13-24)25-14-9-6-10-15-25/h5-10,12-15,17-20,22,27-28,31H,4,11,16,21,23H2,1-3H3/b20-19+. The maximum atomic E-state index is 13.3. The van der Waals surface area contributed by atoms with Crippen molar-refractivity contribution in [1.82, 2.24) is 4.90 Å². The molecule has 0 saturated carbocycles. The monoisotopic (exact) mass is 555 g/mol. The van der Waals surface area contributed by atoms with Gasteiger partial charge >= 0.3 is 11.9 Å². The van der Waals surface area contributed by atoms with Crippen LogP contribution in [0.5, 0.6) is 11.5 Å². The number of hydrogen-bond donors (Lipinski definition) is 0. The number of nitrogens with zero attached hydrogens (tertiary/aromatic N) is 1. The number of rotatable bonds is 9. The van der Waals surface area contributed by atoms with Gasteiger partial charge in [-0.05, 0) is 48.1 Å². The summed E-state index contributed by atoms with van der Waals surface area (Å²) < 4.78 is 23.7. The first-order valence-corrected chi connectivity index (χ1v) is 14.2. The van der Waals surface area contributed by atoms with Crippen molar-refractivity contribution in [2.45, 2.75) is 56.4 Å². The molecule has 2 aliphatic heterocycles. The molecule has 0 amide bonds. The van der Waals surface area contributed by atoms with E-state index < -0.39 is 23.8 Å². The van der Waals surface area contributed by atoms with Gasteiger partial charge in [0.25, 0.3) is 0 Å². The van der Waals surface area contributed by atoms with E-state index in [2.05, 4.69) is 36.1 Å². The molecule has 214 valence electrons. The zero-order valence-electron chi connectivity index (χ0n) is 23.8. The highest BCUT2D eigenvalue weighted by atomic mass is 16.6. The smallest absolute Gasteiger partial charge is 0.332 e. The summed E-state index contributed by atoms with van der Waals surface area (Å²) in [5.41, 5.74) is 1.97. The Morgan fingerprint density at radius 1 is 0.854 bits per heavy atom. The molecule has 2 heterocycles. The van der Waals surface area contributed by atoms with Crippen LogP contribution in [0.2, 0.25) is 0 Å². The van der Waals surface area contributed by atoms with Crippen LogP contribution in [0.15, 0.2) is 91.0 Å². The summed E-state index contributed by atoms with van der Waals surface area (Å²) in [5.74, 6) is 0.0513. The molecule has 0 bridgehead atoms. The lowest BCUT2D eigenvalue weighted by Gasteiger charge is -2.54. The first kappa shape index (κ1) is 28.4. The zero-order valence-corrected chi connectivity index (χ0v) is 23.8. The van der Waals surface area contributed by atoms with Crippen LogP contribution < -0.4 is 9.47 Å². The summed E-state index contributed by atoms with van der Waals surface area (Å²) in [5, 5.41) is 0. The molecule has 0 aliphatic carbocycles. The van der Waals surface area contributed by atoms with Crippen molar-refractivity contribution in [3.8, 4) is 11.5 Å². The second-order valence-electron chi connectivity index (χ2n) is 10.5. The molecule has 7 heteroatoms. The van der Waals surface area contributed by atoms with E-state index in [0.29, 0.717) is 30.9 Å². The predicted molar refractivity (Wildman–Crippen MR) is 156 cm³/mol. The van der Waals surface area contributed by atoms with Crippen molar-refractivity contribution in [1.29, 1.82) is 0 Å². The molecule has 1 fully saturated rings. The maximum Gasteiger partial charge on any atom is 0.332 e. The van der Waals surface area contributed by atoms with Crippen LogP contribution in [-0.4, -0.2) is 49.4 Å². The van der Waals surface area contributed by atoms with E-state index in [1.807, 2.05) is 54.6 Å². The quantitative estimate of drug-likeness (QED) is 0.291. The number of carbonyl (C=O) groups is 2. The van der Waals surface area contributed by atoms with E-state index in [1.54, 1.807) is 14.2 Å². The molecule has 3 atom stereocenters. The van der Waals surface area contributed by atoms with Crippen LogP contribution in [0, 0.1) is 0 Å². The largest absolute Gasteiger partial charge is 0.493 e. The van der Waals surface area contributed by atoms with Gasteiger partial charge in [-0.2, -0.15) is 0 Å². The van der Waals surface area contributed by atoms with Crippen molar-refractivity contribution < 1.29 is 28.5 Å². The third kappa shape index (κ3) is 5.86. The number of likely N-dealkylation sites (tertiary alicyclic amines) is 1. The van der Waals surface area contributed by atoms with Gasteiger partial charge < -0.3 is 18.9 Å². The number of esters is 2. The van der Waals surface area contributed by atoms with E-state index in [4.69, 9.17) is 18.9 Å². The average Bonchev–Trinajstić information content (AvgIpc) is 3.01. The Labute approximate surface area is 241 Å². The molecule has 3 aromatic rings. The molecular formula is C34H37NO6. The molecule has 7 nitrogen and oxygen atoms in total. The van der Waals surface area contributed by atoms with Crippen molar-refractivity contribution in [3.05, 3.63) is 108 Å². The molecular weight excluding hydrogens is 518 g/mol. The predicted octanol–water partition coefficient (Wildman–Crippen LogP) is 6.19. The SMILES string of the molecule is CCC(c1ccc(OC)c(OC)c1)N1CCCC2OC(=O)/C=C/C(=O)OC21CC(c1ccccc1)c1ccccc1. The van der Waals surface area contributed by atoms with E-state index in [-0.39, 0.29) is 12.0 Å². The lowest BCUT2D eigenvalue weighted by Crippen LogP contribution is -2.65. The first-order valence-electron chi connectivity index (χ1n) is 14.2. The first-order chi connectivity index (χ1) is 20.0. The summed E-state index contributed by atoms with van der Waals surface area (Å²) in [6.45, 7) is 2.77. The highest BCUT2D eigenvalue weighted by Crippen LogP contribution is 2.47. The van der Waals surface area contributed by atoms with Gasteiger partial charge in [-0.3, -0.25) is 4.90 Å². The minimum absolute atomic E-state index is 0.127. The van der Waals surface area contributed by atoms with Gasteiger partial charge in [0.1, 0.15) is 0 Å². The molecule has 41 heavy (non-hydrogen) atoms. The molecule has 3 unspecified atom stereocenters. The van der Waals surface area contributed by atoms with Gasteiger partial charge in [0.05, 0.1) is 14.2 Å². The Kier molecular flexibility index (Phi) is 8.74. The Hall–Kier alpha value is -4.10. The van der Waals surface area contributed by atoms with Crippen molar-refractivity contribution in [3.63, 3.8) is 0 Å². The van der Waals surface area contributed by atoms with E-state index in [0.717, 1.165) is 35.6 Å². The fraction of sp³-hybridized carbons (Fsp3) is 0.353. The number of piperidine rings is 1. The van der Waals surface area contributed by atoms with E-state index in [1.165, 1.54) is 6.08 Å². The highest BCUT2D eigenvalue weighted by molar-refractivity contribution is 5.92. The Morgan fingerprint density at radius 2 is 1.49 bits per heavy atom. The number of benzene rings is 3. The number of hydrogen-bond acceptors (Lipinski definition) is 7. The van der Waals surface area contributed by atoms with Crippen LogP contribution in [-0.2, 0) is 19.1 Å². The minimum Gasteiger partial charge on any atom is -0.493 e. The van der Waals surface area contributed by atoms with E-state index in [9.17, 15) is 9.59 Å². The molecule has 5 rings (SSSR count). The fourth-order valence-corrected chi connectivity index (χ4v) is 6.34. The van der Waals surface area contributed by atoms with Gasteiger partial charge in [0, 0.05) is 37.1 Å². The van der Waals surface area contributed by atoms with Crippen LogP contribution >= 0.6 is 0 Å². The van der Waals surface area contributed by atoms with E-state index >= 15 is 0 Å². The summed E-state index contributed by atoms with van der Waals surface area (Å²) in [4.78, 5) is 28.3. The molecule has 0 radical (unpaired) electrons. The number of methoxy groups -OCH3 is 2. The lowest BCUT2D eigenvalue weighted by molar-refractivity contribution is -0.246. The summed E-state index contributed by atoms with van der Waals surface area (Å²) in [6.07, 6.45) is 4.18. The summed E-state index contributed by atoms with van der Waals surface area (Å²) in [6, 6.07) is 26.2. The lowest BCUT2D eigenvalue weighted by atomic mass is 9.78. The highest BCUT2D eigenvalue weighted by Gasteiger charge is 2.55. The summed E-state index contributed by atoms with van der Waals surface area (Å²) in [7, 11) is 3.23. The third-order valence-corrected chi connectivity index (χ3v) is 8.20. The number of fused-ring (bicyclic) bond motifs is 1. The van der Waals surface area contributed by atoms with Crippen molar-refractivity contribution in [2.75, 3.05) is 20.8 Å². The Balaban J connectivity index is 1.67. The van der Waals surface area contributed by atoms with Gasteiger partial charge in [-0.15, -0.1) is 0 Å². The number of carbonyl (C=O) groups excluding carboxylic acids is 2. The third-order valence-electron chi connectivity index (χ3n) is 8.20. The van der Waals surface area contributed by atoms with Crippen LogP contribution in [0.25, 0.3) is 0 Å². The van der Waals surface area contributed by atoms with Gasteiger partial charge in [-0.1, -0.05) is 73.7 Å². The second-order valence-corrected chi connectivity index (χ2v) is 10.5. The molecule has 2 aliphatic rings. The van der Waals surface area contributed by atoms with Crippen molar-refractivity contribution >= 4 is 11.9 Å². The van der Waals surface area contributed by atoms with Crippen LogP contribution in [0.1, 0.15) is 61.3 Å². The van der Waals surface area contributed by atoms with Gasteiger partial charge in [-0.25, -0.2) is 9.59 Å². The van der Waals surface area contributed by atoms with Crippen LogP contribution in [0.3, 0.4) is 0 Å². The van der Waals surface area contributed by atoms with Gasteiger partial charge in [0.2, 0.25) is 5.72 Å². The minimum atomic E-state index is -1.22.